The molecule has 8 fully saturated rings. The Labute approximate surface area is 224 Å². The second kappa shape index (κ2) is 7.75. The lowest BCUT2D eigenvalue weighted by Gasteiger charge is -2.76. The van der Waals surface area contributed by atoms with Gasteiger partial charge in [-0.3, -0.25) is 4.79 Å². The van der Waals surface area contributed by atoms with Gasteiger partial charge in [0, 0.05) is 24.9 Å². The standard InChI is InChI=1S/C32H51NO4/c1-18(2)20-9-14-28(4)21-10-16-31-13-7-8-23(31)32(28,25(20)33-26(21)31)17-11-22-29(5)15-12-24(36-19(3)34)30(22,6)27(35)37-29/h18,20-27,33,35H,7-17H2,1-6H3/t20-,21-,22+,23-,24+,25+,26-,27-,28+,29+,30+,31-,32+/m1/s1. The summed E-state index contributed by atoms with van der Waals surface area (Å²) >= 11 is 0. The van der Waals surface area contributed by atoms with Crippen molar-refractivity contribution in [3.8, 4) is 0 Å². The maximum atomic E-state index is 12.1. The van der Waals surface area contributed by atoms with E-state index in [9.17, 15) is 9.90 Å². The van der Waals surface area contributed by atoms with Crippen molar-refractivity contribution in [1.29, 1.82) is 0 Å². The summed E-state index contributed by atoms with van der Waals surface area (Å²) < 4.78 is 12.3. The molecule has 8 bridgehead atoms. The number of esters is 1. The zero-order valence-corrected chi connectivity index (χ0v) is 24.1. The van der Waals surface area contributed by atoms with Gasteiger partial charge in [-0.25, -0.2) is 0 Å². The number of aliphatic hydroxyl groups excluding tert-OH is 1. The topological polar surface area (TPSA) is 67.8 Å². The Morgan fingerprint density at radius 1 is 1.05 bits per heavy atom. The van der Waals surface area contributed by atoms with Gasteiger partial charge < -0.3 is 19.9 Å². The van der Waals surface area contributed by atoms with Crippen LogP contribution in [0.4, 0.5) is 0 Å². The number of piperidine rings is 2. The van der Waals surface area contributed by atoms with Crippen LogP contribution in [0, 0.1) is 51.2 Å². The van der Waals surface area contributed by atoms with E-state index in [1.807, 2.05) is 0 Å². The molecule has 208 valence electrons. The van der Waals surface area contributed by atoms with Crippen LogP contribution in [-0.4, -0.2) is 41.2 Å². The molecule has 8 aliphatic rings. The summed E-state index contributed by atoms with van der Waals surface area (Å²) in [7, 11) is 0. The molecular weight excluding hydrogens is 462 g/mol. The van der Waals surface area contributed by atoms with Crippen molar-refractivity contribution in [2.24, 2.45) is 51.2 Å². The highest BCUT2D eigenvalue weighted by molar-refractivity contribution is 5.66. The maximum absolute atomic E-state index is 12.1. The molecule has 8 rings (SSSR count). The predicted molar refractivity (Wildman–Crippen MR) is 142 cm³/mol. The van der Waals surface area contributed by atoms with E-state index in [0.29, 0.717) is 28.2 Å². The molecule has 2 N–H and O–H groups in total. The fourth-order valence-corrected chi connectivity index (χ4v) is 13.2. The van der Waals surface area contributed by atoms with E-state index in [0.717, 1.165) is 43.1 Å². The van der Waals surface area contributed by atoms with E-state index >= 15 is 0 Å². The molecule has 0 amide bonds. The Balaban J connectivity index is 1.30. The molecule has 3 aliphatic heterocycles. The SMILES string of the molecule is CC(=O)O[C@H]1CC[C@]2(C)O[C@@H](O)[C@@]1(C)[C@H]2CC[C@]12[C@@H]3CCC[C@@]34CC[C@@H]3[C@H]4N[C@H]1[C@@H](C(C)C)CC[C@@]32C. The molecular formula is C32H51NO4. The summed E-state index contributed by atoms with van der Waals surface area (Å²) in [5.74, 6) is 3.05. The molecule has 1 spiro atoms. The van der Waals surface area contributed by atoms with Gasteiger partial charge >= 0.3 is 5.97 Å². The summed E-state index contributed by atoms with van der Waals surface area (Å²) in [4.78, 5) is 12.1. The first-order valence-corrected chi connectivity index (χ1v) is 15.7. The number of ether oxygens (including phenoxy) is 2. The van der Waals surface area contributed by atoms with Gasteiger partial charge in [0.2, 0.25) is 0 Å². The van der Waals surface area contributed by atoms with Gasteiger partial charge in [-0.15, -0.1) is 0 Å². The molecule has 5 heteroatoms. The smallest absolute Gasteiger partial charge is 0.302 e. The second-order valence-electron chi connectivity index (χ2n) is 15.7. The van der Waals surface area contributed by atoms with Crippen LogP contribution in [0.25, 0.3) is 0 Å². The number of rotatable bonds is 5. The van der Waals surface area contributed by atoms with E-state index < -0.39 is 11.7 Å². The highest BCUT2D eigenvalue weighted by Gasteiger charge is 2.80. The largest absolute Gasteiger partial charge is 0.462 e. The van der Waals surface area contributed by atoms with Crippen LogP contribution < -0.4 is 5.32 Å². The summed E-state index contributed by atoms with van der Waals surface area (Å²) in [5.41, 5.74) is 0.348. The zero-order valence-electron chi connectivity index (χ0n) is 24.1. The van der Waals surface area contributed by atoms with Crippen LogP contribution in [-0.2, 0) is 14.3 Å². The molecule has 0 aromatic rings. The molecule has 5 aliphatic carbocycles. The Kier molecular flexibility index (Phi) is 5.31. The van der Waals surface area contributed by atoms with E-state index in [2.05, 4.69) is 39.9 Å². The average molecular weight is 514 g/mol. The van der Waals surface area contributed by atoms with Crippen molar-refractivity contribution >= 4 is 5.97 Å². The van der Waals surface area contributed by atoms with Crippen molar-refractivity contribution in [2.75, 3.05) is 0 Å². The molecule has 13 atom stereocenters. The highest BCUT2D eigenvalue weighted by Crippen LogP contribution is 2.81. The zero-order chi connectivity index (χ0) is 26.2. The minimum absolute atomic E-state index is 0.193. The average Bonchev–Trinajstić information content (AvgIpc) is 3.44. The van der Waals surface area contributed by atoms with E-state index in [-0.39, 0.29) is 23.6 Å². The maximum Gasteiger partial charge on any atom is 0.302 e. The number of aliphatic hydroxyl groups is 1. The summed E-state index contributed by atoms with van der Waals surface area (Å²) in [5, 5.41) is 15.7. The lowest BCUT2D eigenvalue weighted by molar-refractivity contribution is -0.249. The Hall–Kier alpha value is -0.650. The van der Waals surface area contributed by atoms with E-state index in [1.54, 1.807) is 0 Å². The third-order valence-corrected chi connectivity index (χ3v) is 14.6. The van der Waals surface area contributed by atoms with Gasteiger partial charge in [-0.1, -0.05) is 34.1 Å². The summed E-state index contributed by atoms with van der Waals surface area (Å²) in [6.45, 7) is 13.5. The molecule has 0 aromatic heterocycles. The van der Waals surface area contributed by atoms with Gasteiger partial charge in [-0.05, 0) is 111 Å². The number of carbonyl (C=O) groups excluding carboxylic acids is 1. The summed E-state index contributed by atoms with van der Waals surface area (Å²) in [6, 6.07) is 1.34. The minimum Gasteiger partial charge on any atom is -0.462 e. The predicted octanol–water partition coefficient (Wildman–Crippen LogP) is 5.83. The fraction of sp³-hybridized carbons (Fsp3) is 0.969. The van der Waals surface area contributed by atoms with Crippen LogP contribution in [0.5, 0.6) is 0 Å². The van der Waals surface area contributed by atoms with Gasteiger partial charge in [-0.2, -0.15) is 0 Å². The lowest BCUT2D eigenvalue weighted by atomic mass is 9.33. The van der Waals surface area contributed by atoms with Crippen molar-refractivity contribution in [3.63, 3.8) is 0 Å². The van der Waals surface area contributed by atoms with Crippen molar-refractivity contribution < 1.29 is 19.4 Å². The number of hydrogen-bond acceptors (Lipinski definition) is 5. The fourth-order valence-electron chi connectivity index (χ4n) is 13.2. The normalized spacial score (nSPS) is 59.1. The number of carbonyl (C=O) groups is 1. The van der Waals surface area contributed by atoms with Crippen molar-refractivity contribution in [3.05, 3.63) is 0 Å². The lowest BCUT2D eigenvalue weighted by Crippen LogP contribution is -2.80. The van der Waals surface area contributed by atoms with Gasteiger partial charge in [0.05, 0.1) is 11.0 Å². The molecule has 5 saturated carbocycles. The monoisotopic (exact) mass is 513 g/mol. The molecule has 0 unspecified atom stereocenters. The van der Waals surface area contributed by atoms with Crippen LogP contribution >= 0.6 is 0 Å². The van der Waals surface area contributed by atoms with Gasteiger partial charge in [0.15, 0.2) is 6.29 Å². The second-order valence-corrected chi connectivity index (χ2v) is 15.7. The van der Waals surface area contributed by atoms with Crippen molar-refractivity contribution in [1.82, 2.24) is 5.32 Å². The number of nitrogens with one attached hydrogen (secondary N) is 1. The Morgan fingerprint density at radius 2 is 1.84 bits per heavy atom. The Bertz CT molecular complexity index is 984. The third-order valence-electron chi connectivity index (χ3n) is 14.6. The summed E-state index contributed by atoms with van der Waals surface area (Å²) in [6.07, 6.45) is 12.6. The Morgan fingerprint density at radius 3 is 2.57 bits per heavy atom. The van der Waals surface area contributed by atoms with E-state index in [1.165, 1.54) is 58.3 Å². The van der Waals surface area contributed by atoms with Crippen LogP contribution in [0.3, 0.4) is 0 Å². The van der Waals surface area contributed by atoms with E-state index in [4.69, 9.17) is 9.47 Å². The first kappa shape index (κ1) is 25.3. The molecule has 3 heterocycles. The molecule has 0 radical (unpaired) electrons. The van der Waals surface area contributed by atoms with Crippen LogP contribution in [0.15, 0.2) is 0 Å². The quantitative estimate of drug-likeness (QED) is 0.453. The van der Waals surface area contributed by atoms with Crippen LogP contribution in [0.1, 0.15) is 112 Å². The first-order valence-electron chi connectivity index (χ1n) is 15.7. The van der Waals surface area contributed by atoms with Crippen LogP contribution in [0.2, 0.25) is 0 Å². The molecule has 3 saturated heterocycles. The third kappa shape index (κ3) is 2.81. The minimum atomic E-state index is -0.875. The highest BCUT2D eigenvalue weighted by atomic mass is 16.6. The molecule has 37 heavy (non-hydrogen) atoms. The van der Waals surface area contributed by atoms with Gasteiger partial charge in [0.1, 0.15) is 6.10 Å². The molecule has 0 aromatic carbocycles. The number of fused-ring (bicyclic) bond motifs is 2. The molecule has 5 nitrogen and oxygen atoms in total. The number of hydrogen-bond donors (Lipinski definition) is 2. The van der Waals surface area contributed by atoms with Gasteiger partial charge in [0.25, 0.3) is 0 Å². The van der Waals surface area contributed by atoms with Crippen molar-refractivity contribution in [2.45, 2.75) is 142 Å². The first-order chi connectivity index (χ1) is 17.4.